The third kappa shape index (κ3) is 1.59. The molecule has 1 aliphatic carbocycles. The van der Waals surface area contributed by atoms with E-state index in [9.17, 15) is 5.11 Å². The van der Waals surface area contributed by atoms with Crippen LogP contribution in [0.3, 0.4) is 0 Å². The standard InChI is InChI=1S/C12H20O4/c1-2-8-9(13)10-11(14-8)16-12(15-10)6-4-3-5-7-12/h8-11,13H,2-7H2,1H3. The molecule has 2 saturated heterocycles. The molecule has 92 valence electrons. The average Bonchev–Trinajstić information content (AvgIpc) is 2.77. The number of rotatable bonds is 1. The lowest BCUT2D eigenvalue weighted by molar-refractivity contribution is -0.245. The fraction of sp³-hybridized carbons (Fsp3) is 1.00. The zero-order valence-corrected chi connectivity index (χ0v) is 9.72. The second kappa shape index (κ2) is 3.95. The molecule has 0 aromatic heterocycles. The highest BCUT2D eigenvalue weighted by molar-refractivity contribution is 4.95. The number of hydrogen-bond donors (Lipinski definition) is 1. The molecule has 0 bridgehead atoms. The van der Waals surface area contributed by atoms with Crippen LogP contribution in [0.25, 0.3) is 0 Å². The summed E-state index contributed by atoms with van der Waals surface area (Å²) in [6.07, 6.45) is 4.94. The fourth-order valence-electron chi connectivity index (χ4n) is 3.07. The van der Waals surface area contributed by atoms with Crippen molar-refractivity contribution < 1.29 is 19.3 Å². The summed E-state index contributed by atoms with van der Waals surface area (Å²) in [5, 5.41) is 10.0. The Labute approximate surface area is 95.9 Å². The molecule has 1 N–H and O–H groups in total. The van der Waals surface area contributed by atoms with Crippen molar-refractivity contribution in [3.63, 3.8) is 0 Å². The summed E-state index contributed by atoms with van der Waals surface area (Å²) in [4.78, 5) is 0. The molecular formula is C12H20O4. The second-order valence-electron chi connectivity index (χ2n) is 5.11. The van der Waals surface area contributed by atoms with Crippen molar-refractivity contribution in [1.82, 2.24) is 0 Å². The van der Waals surface area contributed by atoms with Crippen LogP contribution in [-0.4, -0.2) is 35.5 Å². The lowest BCUT2D eigenvalue weighted by Crippen LogP contribution is -2.38. The first-order chi connectivity index (χ1) is 7.74. The zero-order valence-electron chi connectivity index (χ0n) is 9.72. The van der Waals surface area contributed by atoms with Crippen molar-refractivity contribution in [3.8, 4) is 0 Å². The van der Waals surface area contributed by atoms with E-state index in [1.54, 1.807) is 0 Å². The molecule has 0 aromatic rings. The van der Waals surface area contributed by atoms with Gasteiger partial charge in [0.25, 0.3) is 0 Å². The van der Waals surface area contributed by atoms with Crippen LogP contribution in [0, 0.1) is 0 Å². The first kappa shape index (κ1) is 11.0. The molecule has 16 heavy (non-hydrogen) atoms. The van der Waals surface area contributed by atoms with Crippen LogP contribution in [0.1, 0.15) is 45.4 Å². The molecular weight excluding hydrogens is 208 g/mol. The Balaban J connectivity index is 1.71. The highest BCUT2D eigenvalue weighted by Gasteiger charge is 2.56. The van der Waals surface area contributed by atoms with Crippen molar-refractivity contribution in [2.45, 2.75) is 75.8 Å². The number of ether oxygens (including phenoxy) is 3. The van der Waals surface area contributed by atoms with E-state index in [1.165, 1.54) is 6.42 Å². The maximum absolute atomic E-state index is 10.0. The van der Waals surface area contributed by atoms with Crippen molar-refractivity contribution in [2.75, 3.05) is 0 Å². The fourth-order valence-corrected chi connectivity index (χ4v) is 3.07. The van der Waals surface area contributed by atoms with Gasteiger partial charge in [0.15, 0.2) is 12.1 Å². The van der Waals surface area contributed by atoms with Gasteiger partial charge in [-0.15, -0.1) is 0 Å². The molecule has 4 unspecified atom stereocenters. The molecule has 0 aromatic carbocycles. The van der Waals surface area contributed by atoms with Crippen LogP contribution in [0.4, 0.5) is 0 Å². The van der Waals surface area contributed by atoms with Gasteiger partial charge in [0.1, 0.15) is 12.2 Å². The Morgan fingerprint density at radius 2 is 1.94 bits per heavy atom. The van der Waals surface area contributed by atoms with Gasteiger partial charge in [-0.1, -0.05) is 13.3 Å². The van der Waals surface area contributed by atoms with Gasteiger partial charge in [0.2, 0.25) is 0 Å². The minimum absolute atomic E-state index is 0.129. The van der Waals surface area contributed by atoms with Gasteiger partial charge < -0.3 is 19.3 Å². The van der Waals surface area contributed by atoms with Crippen LogP contribution >= 0.6 is 0 Å². The Bertz CT molecular complexity index is 262. The van der Waals surface area contributed by atoms with E-state index in [0.29, 0.717) is 0 Å². The van der Waals surface area contributed by atoms with Crippen LogP contribution in [0.2, 0.25) is 0 Å². The number of hydrogen-bond acceptors (Lipinski definition) is 4. The molecule has 3 aliphatic rings. The van der Waals surface area contributed by atoms with Crippen LogP contribution in [-0.2, 0) is 14.2 Å². The van der Waals surface area contributed by atoms with Crippen molar-refractivity contribution in [3.05, 3.63) is 0 Å². The van der Waals surface area contributed by atoms with E-state index in [0.717, 1.165) is 32.1 Å². The van der Waals surface area contributed by atoms with Gasteiger partial charge in [-0.2, -0.15) is 0 Å². The molecule has 2 aliphatic heterocycles. The van der Waals surface area contributed by atoms with Crippen LogP contribution < -0.4 is 0 Å². The number of aliphatic hydroxyl groups is 1. The third-order valence-electron chi connectivity index (χ3n) is 3.99. The Morgan fingerprint density at radius 1 is 1.19 bits per heavy atom. The van der Waals surface area contributed by atoms with Gasteiger partial charge in [0.05, 0.1) is 6.10 Å². The van der Waals surface area contributed by atoms with E-state index < -0.39 is 11.9 Å². The Kier molecular flexibility index (Phi) is 2.70. The Morgan fingerprint density at radius 3 is 2.56 bits per heavy atom. The lowest BCUT2D eigenvalue weighted by atomic mass is 9.94. The first-order valence-electron chi connectivity index (χ1n) is 6.43. The smallest absolute Gasteiger partial charge is 0.190 e. The molecule has 0 amide bonds. The summed E-state index contributed by atoms with van der Waals surface area (Å²) in [5.74, 6) is -0.451. The van der Waals surface area contributed by atoms with E-state index in [4.69, 9.17) is 14.2 Å². The van der Waals surface area contributed by atoms with Gasteiger partial charge in [-0.25, -0.2) is 0 Å². The van der Waals surface area contributed by atoms with E-state index in [1.807, 2.05) is 6.92 Å². The topological polar surface area (TPSA) is 47.9 Å². The molecule has 1 spiro atoms. The van der Waals surface area contributed by atoms with Crippen molar-refractivity contribution >= 4 is 0 Å². The van der Waals surface area contributed by atoms with Crippen LogP contribution in [0.5, 0.6) is 0 Å². The molecule has 3 fully saturated rings. The number of aliphatic hydroxyl groups excluding tert-OH is 1. The maximum atomic E-state index is 10.0. The molecule has 3 rings (SSSR count). The Hall–Kier alpha value is -0.160. The minimum atomic E-state index is -0.531. The summed E-state index contributed by atoms with van der Waals surface area (Å²) < 4.78 is 17.5. The summed E-state index contributed by atoms with van der Waals surface area (Å²) in [6.45, 7) is 2.01. The monoisotopic (exact) mass is 228 g/mol. The molecule has 4 atom stereocenters. The minimum Gasteiger partial charge on any atom is -0.387 e. The van der Waals surface area contributed by atoms with Gasteiger partial charge in [-0.3, -0.25) is 0 Å². The normalized spacial score (nSPS) is 46.1. The summed E-state index contributed by atoms with van der Waals surface area (Å²) in [6, 6.07) is 0. The van der Waals surface area contributed by atoms with Crippen molar-refractivity contribution in [1.29, 1.82) is 0 Å². The van der Waals surface area contributed by atoms with Crippen molar-refractivity contribution in [2.24, 2.45) is 0 Å². The second-order valence-corrected chi connectivity index (χ2v) is 5.11. The summed E-state index contributed by atoms with van der Waals surface area (Å²) in [7, 11) is 0. The largest absolute Gasteiger partial charge is 0.387 e. The van der Waals surface area contributed by atoms with E-state index in [2.05, 4.69) is 0 Å². The van der Waals surface area contributed by atoms with Crippen LogP contribution in [0.15, 0.2) is 0 Å². The SMILES string of the molecule is CCC1OC2OC3(CCCCC3)OC2C1O. The summed E-state index contributed by atoms with van der Waals surface area (Å²) >= 11 is 0. The zero-order chi connectivity index (χ0) is 11.2. The first-order valence-corrected chi connectivity index (χ1v) is 6.43. The average molecular weight is 228 g/mol. The predicted molar refractivity (Wildman–Crippen MR) is 56.7 cm³/mol. The van der Waals surface area contributed by atoms with E-state index >= 15 is 0 Å². The number of fused-ring (bicyclic) bond motifs is 1. The quantitative estimate of drug-likeness (QED) is 0.740. The third-order valence-corrected chi connectivity index (χ3v) is 3.99. The van der Waals surface area contributed by atoms with E-state index in [-0.39, 0.29) is 18.5 Å². The van der Waals surface area contributed by atoms with Gasteiger partial charge >= 0.3 is 0 Å². The highest BCUT2D eigenvalue weighted by Crippen LogP contribution is 2.45. The van der Waals surface area contributed by atoms with Gasteiger partial charge in [0, 0.05) is 12.8 Å². The molecule has 4 nitrogen and oxygen atoms in total. The molecule has 2 heterocycles. The van der Waals surface area contributed by atoms with Gasteiger partial charge in [-0.05, 0) is 19.3 Å². The molecule has 1 saturated carbocycles. The lowest BCUT2D eigenvalue weighted by Gasteiger charge is -2.33. The summed E-state index contributed by atoms with van der Waals surface area (Å²) in [5.41, 5.74) is 0. The highest BCUT2D eigenvalue weighted by atomic mass is 16.8. The maximum Gasteiger partial charge on any atom is 0.190 e. The molecule has 4 heteroatoms. The predicted octanol–water partition coefficient (Wildman–Crippen LogP) is 1.56. The molecule has 0 radical (unpaired) electrons.